The molecule has 7 nitrogen and oxygen atoms in total. The van der Waals surface area contributed by atoms with Crippen LogP contribution >= 0.6 is 7.75 Å². The molecule has 0 saturated heterocycles. The lowest BCUT2D eigenvalue weighted by Gasteiger charge is -2.21. The Bertz CT molecular complexity index is 335. The van der Waals surface area contributed by atoms with Crippen LogP contribution in [0.25, 0.3) is 0 Å². The van der Waals surface area contributed by atoms with Gasteiger partial charge in [-0.15, -0.1) is 0 Å². The maximum Gasteiger partial charge on any atom is 0.493 e. The fourth-order valence-corrected chi connectivity index (χ4v) is 1.41. The molecular weight excluding hydrogens is 249 g/mol. The summed E-state index contributed by atoms with van der Waals surface area (Å²) in [6.07, 6.45) is 0.0872. The third-order valence-corrected chi connectivity index (χ3v) is 2.82. The zero-order valence-corrected chi connectivity index (χ0v) is 11.5. The molecule has 1 unspecified atom stereocenters. The number of rotatable bonds is 5. The van der Waals surface area contributed by atoms with Crippen LogP contribution in [0.15, 0.2) is 0 Å². The lowest BCUT2D eigenvalue weighted by Crippen LogP contribution is -2.26. The van der Waals surface area contributed by atoms with E-state index in [1.54, 1.807) is 27.7 Å². The summed E-state index contributed by atoms with van der Waals surface area (Å²) in [7, 11) is -2.89. The van der Waals surface area contributed by atoms with Crippen molar-refractivity contribution in [3.8, 4) is 0 Å². The van der Waals surface area contributed by atoms with Gasteiger partial charge in [-0.05, 0) is 26.0 Å². The molecule has 0 rings (SSSR count). The van der Waals surface area contributed by atoms with E-state index in [1.165, 1.54) is 0 Å². The van der Waals surface area contributed by atoms with E-state index in [2.05, 4.69) is 13.9 Å². The summed E-state index contributed by atoms with van der Waals surface area (Å²) < 4.78 is 21.0. The summed E-state index contributed by atoms with van der Waals surface area (Å²) in [4.78, 5) is 26.8. The Labute approximate surface area is 100 Å². The summed E-state index contributed by atoms with van der Waals surface area (Å²) in [6, 6.07) is 0. The van der Waals surface area contributed by atoms with Crippen molar-refractivity contribution in [3.05, 3.63) is 0 Å². The predicted octanol–water partition coefficient (Wildman–Crippen LogP) is 1.79. The molecule has 0 aromatic carbocycles. The van der Waals surface area contributed by atoms with Gasteiger partial charge in [0.05, 0.1) is 5.41 Å². The Morgan fingerprint density at radius 2 is 1.82 bits per heavy atom. The van der Waals surface area contributed by atoms with Crippen LogP contribution in [0.4, 0.5) is 0 Å². The van der Waals surface area contributed by atoms with E-state index in [0.717, 1.165) is 7.11 Å². The molecule has 0 aliphatic rings. The second-order valence-corrected chi connectivity index (χ2v) is 5.95. The van der Waals surface area contributed by atoms with E-state index in [4.69, 9.17) is 0 Å². The molecule has 0 aromatic rings. The van der Waals surface area contributed by atoms with Gasteiger partial charge >= 0.3 is 19.7 Å². The number of hydrogen-bond acceptors (Lipinski definition) is 6. The van der Waals surface area contributed by atoms with E-state index in [1.807, 2.05) is 5.25 Å². The van der Waals surface area contributed by atoms with Crippen molar-refractivity contribution in [1.29, 1.82) is 0 Å². The average Bonchev–Trinajstić information content (AvgIpc) is 2.24. The Kier molecular flexibility index (Phi) is 5.81. The van der Waals surface area contributed by atoms with Gasteiger partial charge in [0.15, 0.2) is 0 Å². The molecule has 0 aromatic heterocycles. The van der Waals surface area contributed by atoms with Crippen LogP contribution in [0, 0.1) is 5.41 Å². The molecule has 0 fully saturated rings. The minimum atomic E-state index is -3.96. The molecule has 1 atom stereocenters. The van der Waals surface area contributed by atoms with Gasteiger partial charge in [-0.25, -0.2) is 4.57 Å². The number of nitrogens with one attached hydrogen (secondary N) is 1. The van der Waals surface area contributed by atoms with Crippen molar-refractivity contribution >= 4 is 19.7 Å². The van der Waals surface area contributed by atoms with Crippen molar-refractivity contribution in [2.24, 2.45) is 5.41 Å². The molecule has 100 valence electrons. The first-order chi connectivity index (χ1) is 7.64. The standard InChI is InChI=1S/C9H18NO6P/c1-6-7(11)15-10-17(13,14-5)16-8(12)9(2,3)4/h6H2,1-5H3,(H,10,13). The molecule has 0 spiro atoms. The number of hydrogen-bond donors (Lipinski definition) is 1. The lowest BCUT2D eigenvalue weighted by molar-refractivity contribution is -0.151. The second-order valence-electron chi connectivity index (χ2n) is 4.23. The minimum absolute atomic E-state index is 0.0872. The molecule has 0 amide bonds. The lowest BCUT2D eigenvalue weighted by atomic mass is 9.98. The molecule has 0 bridgehead atoms. The van der Waals surface area contributed by atoms with Gasteiger partial charge in [0.2, 0.25) is 0 Å². The van der Waals surface area contributed by atoms with Gasteiger partial charge in [-0.3, -0.25) is 14.1 Å². The van der Waals surface area contributed by atoms with E-state index in [-0.39, 0.29) is 6.42 Å². The van der Waals surface area contributed by atoms with Gasteiger partial charge in [-0.2, -0.15) is 0 Å². The van der Waals surface area contributed by atoms with Crippen molar-refractivity contribution in [2.75, 3.05) is 7.11 Å². The summed E-state index contributed by atoms with van der Waals surface area (Å²) in [5.41, 5.74) is -0.843. The molecule has 1 N–H and O–H groups in total. The molecule has 0 radical (unpaired) electrons. The van der Waals surface area contributed by atoms with E-state index >= 15 is 0 Å². The SMILES string of the molecule is CCC(=O)ONP(=O)(OC)OC(=O)C(C)(C)C. The average molecular weight is 267 g/mol. The highest BCUT2D eigenvalue weighted by Crippen LogP contribution is 2.44. The fraction of sp³-hybridized carbons (Fsp3) is 0.778. The van der Waals surface area contributed by atoms with Gasteiger partial charge in [-0.1, -0.05) is 6.92 Å². The van der Waals surface area contributed by atoms with Crippen molar-refractivity contribution in [3.63, 3.8) is 0 Å². The van der Waals surface area contributed by atoms with Crippen LogP contribution in [0.1, 0.15) is 34.1 Å². The molecule has 0 heterocycles. The molecule has 8 heteroatoms. The zero-order valence-electron chi connectivity index (χ0n) is 10.6. The first-order valence-electron chi connectivity index (χ1n) is 5.01. The van der Waals surface area contributed by atoms with Crippen LogP contribution in [-0.4, -0.2) is 19.0 Å². The largest absolute Gasteiger partial charge is 0.493 e. The van der Waals surface area contributed by atoms with Gasteiger partial charge in [0, 0.05) is 13.5 Å². The Morgan fingerprint density at radius 3 is 2.18 bits per heavy atom. The quantitative estimate of drug-likeness (QED) is 0.599. The highest BCUT2D eigenvalue weighted by molar-refractivity contribution is 7.52. The maximum absolute atomic E-state index is 11.8. The fourth-order valence-electron chi connectivity index (χ4n) is 0.518. The monoisotopic (exact) mass is 267 g/mol. The van der Waals surface area contributed by atoms with E-state index < -0.39 is 25.1 Å². The predicted molar refractivity (Wildman–Crippen MR) is 59.7 cm³/mol. The number of carbonyl (C=O) groups excluding carboxylic acids is 2. The van der Waals surface area contributed by atoms with Crippen molar-refractivity contribution < 1.29 is 28.0 Å². The van der Waals surface area contributed by atoms with Gasteiger partial charge in [0.25, 0.3) is 0 Å². The Balaban J connectivity index is 4.54. The van der Waals surface area contributed by atoms with Crippen LogP contribution < -0.4 is 5.25 Å². The van der Waals surface area contributed by atoms with Gasteiger partial charge < -0.3 is 9.36 Å². The van der Waals surface area contributed by atoms with Crippen molar-refractivity contribution in [2.45, 2.75) is 34.1 Å². The highest BCUT2D eigenvalue weighted by Gasteiger charge is 2.35. The maximum atomic E-state index is 11.8. The normalized spacial score (nSPS) is 14.9. The summed E-state index contributed by atoms with van der Waals surface area (Å²) in [6.45, 7) is 6.33. The van der Waals surface area contributed by atoms with E-state index in [0.29, 0.717) is 0 Å². The van der Waals surface area contributed by atoms with Gasteiger partial charge in [0.1, 0.15) is 0 Å². The zero-order chi connectivity index (χ0) is 13.7. The third kappa shape index (κ3) is 5.81. The molecular formula is C9H18NO6P. The van der Waals surface area contributed by atoms with Crippen LogP contribution in [0.5, 0.6) is 0 Å². The van der Waals surface area contributed by atoms with E-state index in [9.17, 15) is 14.2 Å². The first-order valence-corrected chi connectivity index (χ1v) is 6.55. The third-order valence-electron chi connectivity index (χ3n) is 1.62. The molecule has 0 saturated carbocycles. The second kappa shape index (κ2) is 6.14. The Hall–Kier alpha value is -0.910. The molecule has 17 heavy (non-hydrogen) atoms. The van der Waals surface area contributed by atoms with Crippen LogP contribution in [-0.2, 0) is 28.0 Å². The topological polar surface area (TPSA) is 90.9 Å². The summed E-state index contributed by atoms with van der Waals surface area (Å²) in [5, 5.41) is 1.84. The number of carbonyl (C=O) groups is 2. The molecule has 0 aliphatic heterocycles. The van der Waals surface area contributed by atoms with Crippen LogP contribution in [0.2, 0.25) is 0 Å². The minimum Gasteiger partial charge on any atom is -0.378 e. The Morgan fingerprint density at radius 1 is 1.29 bits per heavy atom. The summed E-state index contributed by atoms with van der Waals surface area (Å²) >= 11 is 0. The smallest absolute Gasteiger partial charge is 0.378 e. The van der Waals surface area contributed by atoms with Crippen LogP contribution in [0.3, 0.4) is 0 Å². The van der Waals surface area contributed by atoms with Crippen molar-refractivity contribution in [1.82, 2.24) is 5.25 Å². The first kappa shape index (κ1) is 16.1. The highest BCUT2D eigenvalue weighted by atomic mass is 31.2. The molecule has 0 aliphatic carbocycles. The summed E-state index contributed by atoms with van der Waals surface area (Å²) in [5.74, 6) is -1.38.